The van der Waals surface area contributed by atoms with E-state index in [2.05, 4.69) is 0 Å². The molecule has 1 heterocycles. The van der Waals surface area contributed by atoms with Gasteiger partial charge in [-0.15, -0.1) is 0 Å². The molecule has 0 bridgehead atoms. The number of hydrogen-bond acceptors (Lipinski definition) is 3. The lowest BCUT2D eigenvalue weighted by Crippen LogP contribution is -2.00. The second-order valence-corrected chi connectivity index (χ2v) is 6.40. The number of halogens is 2. The van der Waals surface area contributed by atoms with E-state index in [1.165, 1.54) is 0 Å². The van der Waals surface area contributed by atoms with Crippen molar-refractivity contribution in [3.05, 3.63) is 86.7 Å². The predicted octanol–water partition coefficient (Wildman–Crippen LogP) is 5.83. The standard InChI is InChI=1S/C20H12Cl2O3/c21-17-6-3-7-18(22)16(17)11-24-12-8-9-14-13-4-1-2-5-15(13)20(23)25-19(14)10-12/h1-10H,11H2. The molecule has 1 aromatic heterocycles. The maximum atomic E-state index is 12.1. The molecule has 0 amide bonds. The largest absolute Gasteiger partial charge is 0.489 e. The monoisotopic (exact) mass is 370 g/mol. The average Bonchev–Trinajstić information content (AvgIpc) is 2.61. The van der Waals surface area contributed by atoms with Crippen molar-refractivity contribution in [3.8, 4) is 5.75 Å². The Balaban J connectivity index is 1.72. The van der Waals surface area contributed by atoms with Crippen LogP contribution >= 0.6 is 23.2 Å². The fourth-order valence-electron chi connectivity index (χ4n) is 2.78. The summed E-state index contributed by atoms with van der Waals surface area (Å²) in [5.74, 6) is 0.571. The van der Waals surface area contributed by atoms with E-state index in [0.717, 1.165) is 10.8 Å². The first-order valence-electron chi connectivity index (χ1n) is 7.65. The van der Waals surface area contributed by atoms with Gasteiger partial charge in [-0.1, -0.05) is 47.5 Å². The Hall–Kier alpha value is -2.49. The molecule has 0 radical (unpaired) electrons. The molecule has 5 heteroatoms. The topological polar surface area (TPSA) is 39.4 Å². The first kappa shape index (κ1) is 16.0. The lowest BCUT2D eigenvalue weighted by Gasteiger charge is -2.10. The van der Waals surface area contributed by atoms with E-state index in [9.17, 15) is 4.79 Å². The summed E-state index contributed by atoms with van der Waals surface area (Å²) in [5.41, 5.74) is 0.826. The van der Waals surface area contributed by atoms with Crippen molar-refractivity contribution in [2.45, 2.75) is 6.61 Å². The maximum absolute atomic E-state index is 12.1. The highest BCUT2D eigenvalue weighted by atomic mass is 35.5. The second kappa shape index (κ2) is 6.43. The minimum absolute atomic E-state index is 0.224. The zero-order chi connectivity index (χ0) is 17.4. The average molecular weight is 371 g/mol. The Morgan fingerprint density at radius 1 is 0.840 bits per heavy atom. The van der Waals surface area contributed by atoms with Crippen LogP contribution in [0.4, 0.5) is 0 Å². The normalized spacial score (nSPS) is 11.1. The van der Waals surface area contributed by atoms with Gasteiger partial charge in [0.25, 0.3) is 0 Å². The van der Waals surface area contributed by atoms with Crippen LogP contribution in [0.3, 0.4) is 0 Å². The zero-order valence-electron chi connectivity index (χ0n) is 13.0. The molecule has 4 aromatic rings. The Labute approximate surface area is 153 Å². The highest BCUT2D eigenvalue weighted by molar-refractivity contribution is 6.35. The van der Waals surface area contributed by atoms with E-state index >= 15 is 0 Å². The number of rotatable bonds is 3. The Morgan fingerprint density at radius 2 is 1.56 bits per heavy atom. The maximum Gasteiger partial charge on any atom is 0.344 e. The number of fused-ring (bicyclic) bond motifs is 3. The molecule has 3 aromatic carbocycles. The van der Waals surface area contributed by atoms with Crippen LogP contribution in [0.15, 0.2) is 69.9 Å². The van der Waals surface area contributed by atoms with Gasteiger partial charge in [0, 0.05) is 27.1 Å². The summed E-state index contributed by atoms with van der Waals surface area (Å²) in [6.07, 6.45) is 0. The smallest absolute Gasteiger partial charge is 0.344 e. The quantitative estimate of drug-likeness (QED) is 0.336. The van der Waals surface area contributed by atoms with Gasteiger partial charge < -0.3 is 9.15 Å². The van der Waals surface area contributed by atoms with Gasteiger partial charge in [0.2, 0.25) is 0 Å². The van der Waals surface area contributed by atoms with Crippen LogP contribution in [0.2, 0.25) is 10.0 Å². The first-order valence-corrected chi connectivity index (χ1v) is 8.40. The Kier molecular flexibility index (Phi) is 4.12. The molecule has 0 fully saturated rings. The molecular weight excluding hydrogens is 359 g/mol. The van der Waals surface area contributed by atoms with Crippen molar-refractivity contribution >= 4 is 44.9 Å². The van der Waals surface area contributed by atoms with E-state index in [1.54, 1.807) is 30.3 Å². The molecule has 3 nitrogen and oxygen atoms in total. The highest BCUT2D eigenvalue weighted by Crippen LogP contribution is 2.29. The van der Waals surface area contributed by atoms with E-state index in [1.807, 2.05) is 30.3 Å². The van der Waals surface area contributed by atoms with Crippen LogP contribution in [0, 0.1) is 0 Å². The van der Waals surface area contributed by atoms with Crippen LogP contribution < -0.4 is 10.4 Å². The molecule has 0 aliphatic carbocycles. The zero-order valence-corrected chi connectivity index (χ0v) is 14.5. The van der Waals surface area contributed by atoms with Gasteiger partial charge in [0.15, 0.2) is 0 Å². The van der Waals surface area contributed by atoms with E-state index < -0.39 is 0 Å². The SMILES string of the molecule is O=c1oc2cc(OCc3c(Cl)cccc3Cl)ccc2c2ccccc12. The van der Waals surface area contributed by atoms with Crippen molar-refractivity contribution in [1.82, 2.24) is 0 Å². The molecule has 0 unspecified atom stereocenters. The summed E-state index contributed by atoms with van der Waals surface area (Å²) in [6.45, 7) is 0.224. The fourth-order valence-corrected chi connectivity index (χ4v) is 3.28. The molecule has 0 aliphatic heterocycles. The minimum atomic E-state index is -0.366. The van der Waals surface area contributed by atoms with Gasteiger partial charge in [-0.2, -0.15) is 0 Å². The van der Waals surface area contributed by atoms with Crippen LogP contribution in [-0.4, -0.2) is 0 Å². The molecular formula is C20H12Cl2O3. The molecule has 0 N–H and O–H groups in total. The van der Waals surface area contributed by atoms with E-state index in [4.69, 9.17) is 32.4 Å². The van der Waals surface area contributed by atoms with Gasteiger partial charge >= 0.3 is 5.63 Å². The predicted molar refractivity (Wildman–Crippen MR) is 101 cm³/mol. The van der Waals surface area contributed by atoms with Gasteiger partial charge in [-0.05, 0) is 35.7 Å². The van der Waals surface area contributed by atoms with Gasteiger partial charge in [0.1, 0.15) is 17.9 Å². The first-order chi connectivity index (χ1) is 12.1. The fraction of sp³-hybridized carbons (Fsp3) is 0.0500. The molecule has 0 saturated carbocycles. The van der Waals surface area contributed by atoms with Crippen LogP contribution in [-0.2, 0) is 6.61 Å². The van der Waals surface area contributed by atoms with Crippen LogP contribution in [0.1, 0.15) is 5.56 Å². The molecule has 0 saturated heterocycles. The third kappa shape index (κ3) is 2.97. The summed E-state index contributed by atoms with van der Waals surface area (Å²) >= 11 is 12.3. The Bertz CT molecular complexity index is 1130. The van der Waals surface area contributed by atoms with E-state index in [-0.39, 0.29) is 12.2 Å². The summed E-state index contributed by atoms with van der Waals surface area (Å²) in [5, 5.41) is 3.37. The lowest BCUT2D eigenvalue weighted by atomic mass is 10.1. The molecule has 0 aliphatic rings. The van der Waals surface area contributed by atoms with Crippen molar-refractivity contribution in [3.63, 3.8) is 0 Å². The minimum Gasteiger partial charge on any atom is -0.489 e. The molecule has 124 valence electrons. The van der Waals surface area contributed by atoms with Gasteiger partial charge in [-0.25, -0.2) is 4.79 Å². The van der Waals surface area contributed by atoms with Crippen molar-refractivity contribution in [1.29, 1.82) is 0 Å². The number of benzene rings is 3. The summed E-state index contributed by atoms with van der Waals surface area (Å²) in [7, 11) is 0. The van der Waals surface area contributed by atoms with Crippen LogP contribution in [0.25, 0.3) is 21.7 Å². The van der Waals surface area contributed by atoms with Crippen molar-refractivity contribution in [2.24, 2.45) is 0 Å². The summed E-state index contributed by atoms with van der Waals surface area (Å²) < 4.78 is 11.2. The molecule has 25 heavy (non-hydrogen) atoms. The van der Waals surface area contributed by atoms with Gasteiger partial charge in [-0.3, -0.25) is 0 Å². The molecule has 0 atom stereocenters. The summed E-state index contributed by atoms with van der Waals surface area (Å²) in [4.78, 5) is 12.1. The summed E-state index contributed by atoms with van der Waals surface area (Å²) in [6, 6.07) is 18.1. The third-order valence-electron chi connectivity index (χ3n) is 4.04. The molecule has 4 rings (SSSR count). The second-order valence-electron chi connectivity index (χ2n) is 5.58. The van der Waals surface area contributed by atoms with Crippen molar-refractivity contribution < 1.29 is 9.15 Å². The Morgan fingerprint density at radius 3 is 2.32 bits per heavy atom. The number of ether oxygens (including phenoxy) is 1. The number of hydrogen-bond donors (Lipinski definition) is 0. The van der Waals surface area contributed by atoms with Crippen molar-refractivity contribution in [2.75, 3.05) is 0 Å². The molecule has 0 spiro atoms. The third-order valence-corrected chi connectivity index (χ3v) is 4.75. The van der Waals surface area contributed by atoms with E-state index in [0.29, 0.717) is 32.3 Å². The highest BCUT2D eigenvalue weighted by Gasteiger charge is 2.10. The lowest BCUT2D eigenvalue weighted by molar-refractivity contribution is 0.306. The van der Waals surface area contributed by atoms with Crippen LogP contribution in [0.5, 0.6) is 5.75 Å². The van der Waals surface area contributed by atoms with Gasteiger partial charge in [0.05, 0.1) is 5.39 Å².